The van der Waals surface area contributed by atoms with Crippen LogP contribution in [-0.4, -0.2) is 78.0 Å². The van der Waals surface area contributed by atoms with Gasteiger partial charge in [-0.3, -0.25) is 14.6 Å². The fourth-order valence-electron chi connectivity index (χ4n) is 4.50. The Kier molecular flexibility index (Phi) is 8.06. The zero-order valence-corrected chi connectivity index (χ0v) is 20.8. The number of carbonyl (C=O) groups excluding carboxylic acids is 1. The Balaban J connectivity index is 1.16. The van der Waals surface area contributed by atoms with Gasteiger partial charge in [0.05, 0.1) is 43.6 Å². The number of nitrogens with zero attached hydrogens (tertiary/aromatic N) is 5. The number of nitrogens with one attached hydrogen (secondary N) is 2. The summed E-state index contributed by atoms with van der Waals surface area (Å²) in [6.45, 7) is 2.82. The third-order valence-electron chi connectivity index (χ3n) is 6.39. The molecule has 5 rings (SSSR count). The van der Waals surface area contributed by atoms with E-state index in [-0.39, 0.29) is 18.8 Å². The number of pyridine rings is 2. The van der Waals surface area contributed by atoms with Crippen LogP contribution in [0, 0.1) is 0 Å². The van der Waals surface area contributed by atoms with E-state index in [0.29, 0.717) is 30.8 Å². The van der Waals surface area contributed by atoms with Crippen LogP contribution < -0.4 is 25.2 Å². The van der Waals surface area contributed by atoms with E-state index in [1.807, 2.05) is 18.2 Å². The Labute approximate surface area is 214 Å². The van der Waals surface area contributed by atoms with Gasteiger partial charge in [0.2, 0.25) is 11.8 Å². The molecule has 12 nitrogen and oxygen atoms in total. The van der Waals surface area contributed by atoms with E-state index >= 15 is 0 Å². The maximum Gasteiger partial charge on any atom is 0.281 e. The molecule has 1 saturated heterocycles. The number of fused-ring (bicyclic) bond motifs is 1. The molecule has 1 saturated carbocycles. The minimum atomic E-state index is -0.393. The normalized spacial score (nSPS) is 19.9. The average molecular weight is 510 g/mol. The first kappa shape index (κ1) is 24.9. The van der Waals surface area contributed by atoms with Crippen molar-refractivity contribution in [1.82, 2.24) is 25.4 Å². The molecule has 2 fully saturated rings. The largest absolute Gasteiger partial charge is 0.480 e. The Bertz CT molecular complexity index is 1180. The topological polar surface area (TPSA) is 133 Å². The average Bonchev–Trinajstić information content (AvgIpc) is 2.94. The zero-order chi connectivity index (χ0) is 25.5. The van der Waals surface area contributed by atoms with Gasteiger partial charge >= 0.3 is 0 Å². The Hall–Kier alpha value is -3.77. The van der Waals surface area contributed by atoms with Gasteiger partial charge in [-0.25, -0.2) is 15.4 Å². The number of hydroxylamine groups is 1. The second kappa shape index (κ2) is 12.0. The standard InChI is InChI=1S/C25H31N7O5/c1-34-31-23(33)16-36-19-14-27-25(28-15-19)29-17-4-6-18(7-5-17)37-24-20-3-2-8-26-21(20)13-22(30-24)32-9-11-35-12-10-32/h2-3,8,13-15,17-18H,4-7,9-12,16H2,1H3,(H,31,33)(H,27,28,29). The molecule has 1 aliphatic carbocycles. The summed E-state index contributed by atoms with van der Waals surface area (Å²) in [5, 5.41) is 4.31. The van der Waals surface area contributed by atoms with Crippen LogP contribution in [0.5, 0.6) is 11.6 Å². The third-order valence-corrected chi connectivity index (χ3v) is 6.39. The molecule has 4 heterocycles. The zero-order valence-electron chi connectivity index (χ0n) is 20.8. The maximum atomic E-state index is 11.4. The first-order valence-electron chi connectivity index (χ1n) is 12.5. The van der Waals surface area contributed by atoms with Crippen molar-refractivity contribution in [2.24, 2.45) is 0 Å². The number of hydrogen-bond donors (Lipinski definition) is 2. The lowest BCUT2D eigenvalue weighted by atomic mass is 9.93. The predicted molar refractivity (Wildman–Crippen MR) is 136 cm³/mol. The van der Waals surface area contributed by atoms with Crippen molar-refractivity contribution in [2.75, 3.05) is 50.2 Å². The third kappa shape index (κ3) is 6.52. The van der Waals surface area contributed by atoms with Crippen LogP contribution in [0.1, 0.15) is 25.7 Å². The molecule has 2 N–H and O–H groups in total. The second-order valence-corrected chi connectivity index (χ2v) is 8.95. The highest BCUT2D eigenvalue weighted by molar-refractivity contribution is 5.85. The van der Waals surface area contributed by atoms with Crippen LogP contribution in [0.4, 0.5) is 11.8 Å². The van der Waals surface area contributed by atoms with E-state index in [2.05, 4.69) is 35.5 Å². The number of morpholine rings is 1. The first-order valence-corrected chi connectivity index (χ1v) is 12.5. The molecular formula is C25H31N7O5. The van der Waals surface area contributed by atoms with E-state index in [9.17, 15) is 4.79 Å². The smallest absolute Gasteiger partial charge is 0.281 e. The summed E-state index contributed by atoms with van der Waals surface area (Å²) in [6, 6.07) is 6.19. The summed E-state index contributed by atoms with van der Waals surface area (Å²) in [6.07, 6.45) is 8.56. The monoisotopic (exact) mass is 509 g/mol. The molecule has 0 unspecified atom stereocenters. The lowest BCUT2D eigenvalue weighted by Crippen LogP contribution is -2.37. The van der Waals surface area contributed by atoms with Gasteiger partial charge in [0.1, 0.15) is 11.9 Å². The highest BCUT2D eigenvalue weighted by Crippen LogP contribution is 2.31. The predicted octanol–water partition coefficient (Wildman–Crippen LogP) is 2.11. The molecule has 0 atom stereocenters. The summed E-state index contributed by atoms with van der Waals surface area (Å²) in [4.78, 5) is 36.2. The van der Waals surface area contributed by atoms with Gasteiger partial charge in [-0.2, -0.15) is 4.98 Å². The van der Waals surface area contributed by atoms with Crippen LogP contribution in [0.3, 0.4) is 0 Å². The van der Waals surface area contributed by atoms with Gasteiger partial charge in [-0.15, -0.1) is 0 Å². The van der Waals surface area contributed by atoms with E-state index in [1.54, 1.807) is 6.20 Å². The molecule has 196 valence electrons. The van der Waals surface area contributed by atoms with E-state index in [4.69, 9.17) is 19.2 Å². The summed E-state index contributed by atoms with van der Waals surface area (Å²) >= 11 is 0. The van der Waals surface area contributed by atoms with Crippen molar-refractivity contribution >= 4 is 28.6 Å². The number of amides is 1. The van der Waals surface area contributed by atoms with Crippen molar-refractivity contribution in [1.29, 1.82) is 0 Å². The van der Waals surface area contributed by atoms with Crippen molar-refractivity contribution < 1.29 is 23.8 Å². The van der Waals surface area contributed by atoms with E-state index in [1.165, 1.54) is 19.5 Å². The number of carbonyl (C=O) groups is 1. The van der Waals surface area contributed by atoms with Crippen LogP contribution in [0.15, 0.2) is 36.8 Å². The quantitative estimate of drug-likeness (QED) is 0.411. The second-order valence-electron chi connectivity index (χ2n) is 8.95. The summed E-state index contributed by atoms with van der Waals surface area (Å²) in [5.41, 5.74) is 3.07. The van der Waals surface area contributed by atoms with Crippen LogP contribution >= 0.6 is 0 Å². The number of hydrogen-bond acceptors (Lipinski definition) is 11. The molecule has 1 amide bonds. The van der Waals surface area contributed by atoms with Crippen molar-refractivity contribution in [3.63, 3.8) is 0 Å². The molecule has 0 bridgehead atoms. The van der Waals surface area contributed by atoms with Crippen molar-refractivity contribution in [2.45, 2.75) is 37.8 Å². The molecule has 3 aromatic rings. The SMILES string of the molecule is CONC(=O)COc1cnc(NC2CCC(Oc3nc(N4CCOCC4)cc4ncccc34)CC2)nc1. The fourth-order valence-corrected chi connectivity index (χ4v) is 4.50. The van der Waals surface area contributed by atoms with Gasteiger partial charge in [-0.05, 0) is 37.8 Å². The Morgan fingerprint density at radius 3 is 2.68 bits per heavy atom. The van der Waals surface area contributed by atoms with Crippen LogP contribution in [0.25, 0.3) is 10.9 Å². The molecule has 0 radical (unpaired) electrons. The van der Waals surface area contributed by atoms with Gasteiger partial charge in [0, 0.05) is 31.4 Å². The van der Waals surface area contributed by atoms with Crippen molar-refractivity contribution in [3.05, 3.63) is 36.8 Å². The Morgan fingerprint density at radius 1 is 1.14 bits per heavy atom. The molecular weight excluding hydrogens is 478 g/mol. The van der Waals surface area contributed by atoms with Gasteiger partial charge in [0.15, 0.2) is 12.4 Å². The summed E-state index contributed by atoms with van der Waals surface area (Å²) < 4.78 is 17.3. The highest BCUT2D eigenvalue weighted by Gasteiger charge is 2.25. The van der Waals surface area contributed by atoms with E-state index < -0.39 is 5.91 Å². The lowest BCUT2D eigenvalue weighted by Gasteiger charge is -2.31. The number of ether oxygens (including phenoxy) is 3. The van der Waals surface area contributed by atoms with Gasteiger partial charge in [-0.1, -0.05) is 0 Å². The Morgan fingerprint density at radius 2 is 1.92 bits per heavy atom. The number of aromatic nitrogens is 4. The first-order chi connectivity index (χ1) is 18.2. The van der Waals surface area contributed by atoms with E-state index in [0.717, 1.165) is 55.5 Å². The molecule has 3 aromatic heterocycles. The van der Waals surface area contributed by atoms with Gasteiger partial charge < -0.3 is 24.4 Å². The number of anilines is 2. The maximum absolute atomic E-state index is 11.4. The minimum Gasteiger partial charge on any atom is -0.480 e. The highest BCUT2D eigenvalue weighted by atomic mass is 16.6. The van der Waals surface area contributed by atoms with Crippen LogP contribution in [0.2, 0.25) is 0 Å². The number of rotatable bonds is 9. The molecule has 1 aliphatic heterocycles. The van der Waals surface area contributed by atoms with Crippen LogP contribution in [-0.2, 0) is 14.4 Å². The lowest BCUT2D eigenvalue weighted by molar-refractivity contribution is -0.133. The molecule has 0 spiro atoms. The fraction of sp³-hybridized carbons (Fsp3) is 0.480. The molecule has 0 aromatic carbocycles. The summed E-state index contributed by atoms with van der Waals surface area (Å²) in [5.74, 6) is 2.05. The summed E-state index contributed by atoms with van der Waals surface area (Å²) in [7, 11) is 1.36. The van der Waals surface area contributed by atoms with Gasteiger partial charge in [0.25, 0.3) is 5.91 Å². The molecule has 12 heteroatoms. The molecule has 37 heavy (non-hydrogen) atoms. The molecule has 2 aliphatic rings. The van der Waals surface area contributed by atoms with Crippen molar-refractivity contribution in [3.8, 4) is 11.6 Å². The minimum absolute atomic E-state index is 0.0730.